The second kappa shape index (κ2) is 3.42. The van der Waals surface area contributed by atoms with E-state index >= 15 is 0 Å². The van der Waals surface area contributed by atoms with Crippen LogP contribution in [-0.2, 0) is 10.7 Å². The summed E-state index contributed by atoms with van der Waals surface area (Å²) in [7, 11) is 0. The monoisotopic (exact) mass is 222 g/mol. The summed E-state index contributed by atoms with van der Waals surface area (Å²) in [6.45, 7) is 0. The zero-order valence-electron chi connectivity index (χ0n) is 6.67. The van der Waals surface area contributed by atoms with E-state index in [-0.39, 0.29) is 5.02 Å². The Morgan fingerprint density at radius 3 is 2.50 bits per heavy atom. The van der Waals surface area contributed by atoms with Gasteiger partial charge in [-0.05, 0) is 18.2 Å². The normalized spacial score (nSPS) is 11.4. The van der Waals surface area contributed by atoms with E-state index < -0.39 is 23.2 Å². The number of alkyl halides is 2. The van der Waals surface area contributed by atoms with Crippen molar-refractivity contribution in [3.63, 3.8) is 0 Å². The molecule has 1 aromatic rings. The van der Waals surface area contributed by atoms with Gasteiger partial charge in [-0.15, -0.1) is 0 Å². The van der Waals surface area contributed by atoms with Crippen LogP contribution in [0.25, 0.3) is 0 Å². The summed E-state index contributed by atoms with van der Waals surface area (Å²) in [5.41, 5.74) is -1.02. The molecule has 0 saturated heterocycles. The van der Waals surface area contributed by atoms with Crippen LogP contribution in [0.4, 0.5) is 8.78 Å². The molecule has 0 heterocycles. The van der Waals surface area contributed by atoms with Crippen LogP contribution in [0.3, 0.4) is 0 Å². The first-order valence-electron chi connectivity index (χ1n) is 3.46. The molecule has 0 saturated carbocycles. The number of aliphatic carboxylic acids is 1. The molecule has 14 heavy (non-hydrogen) atoms. The molecule has 0 bridgehead atoms. The molecule has 0 aliphatic heterocycles. The van der Waals surface area contributed by atoms with Crippen molar-refractivity contribution in [3.8, 4) is 5.75 Å². The SMILES string of the molecule is O=C(O)C(F)(F)c1cc(Cl)ccc1O. The maximum atomic E-state index is 12.9. The van der Waals surface area contributed by atoms with Crippen LogP contribution in [0.15, 0.2) is 18.2 Å². The number of phenolic OH excluding ortho intramolecular Hbond substituents is 1. The van der Waals surface area contributed by atoms with Crippen molar-refractivity contribution in [3.05, 3.63) is 28.8 Å². The fourth-order valence-electron chi connectivity index (χ4n) is 0.875. The predicted octanol–water partition coefficient (Wildman–Crippen LogP) is 2.22. The largest absolute Gasteiger partial charge is 0.507 e. The van der Waals surface area contributed by atoms with Crippen molar-refractivity contribution < 1.29 is 23.8 Å². The Balaban J connectivity index is 3.31. The molecular formula is C8H5ClF2O3. The summed E-state index contributed by atoms with van der Waals surface area (Å²) in [5, 5.41) is 17.2. The molecule has 0 fully saturated rings. The van der Waals surface area contributed by atoms with E-state index in [1.54, 1.807) is 0 Å². The van der Waals surface area contributed by atoms with Gasteiger partial charge in [0.2, 0.25) is 0 Å². The van der Waals surface area contributed by atoms with E-state index in [9.17, 15) is 13.6 Å². The lowest BCUT2D eigenvalue weighted by Crippen LogP contribution is -2.25. The fourth-order valence-corrected chi connectivity index (χ4v) is 1.05. The van der Waals surface area contributed by atoms with Crippen molar-refractivity contribution in [2.24, 2.45) is 0 Å². The first-order chi connectivity index (χ1) is 6.35. The smallest absolute Gasteiger partial charge is 0.379 e. The number of carboxylic acid groups (broad SMARTS) is 1. The minimum absolute atomic E-state index is 0.0706. The Morgan fingerprint density at radius 1 is 1.43 bits per heavy atom. The van der Waals surface area contributed by atoms with Crippen molar-refractivity contribution in [2.75, 3.05) is 0 Å². The van der Waals surface area contributed by atoms with Crippen LogP contribution in [0, 0.1) is 0 Å². The lowest BCUT2D eigenvalue weighted by Gasteiger charge is -2.12. The minimum Gasteiger partial charge on any atom is -0.507 e. The van der Waals surface area contributed by atoms with Gasteiger partial charge < -0.3 is 10.2 Å². The third-order valence-corrected chi connectivity index (χ3v) is 1.80. The molecule has 0 spiro atoms. The summed E-state index contributed by atoms with van der Waals surface area (Å²) in [6, 6.07) is 2.80. The van der Waals surface area contributed by atoms with Crippen molar-refractivity contribution in [1.29, 1.82) is 0 Å². The highest BCUT2D eigenvalue weighted by Crippen LogP contribution is 2.36. The zero-order chi connectivity index (χ0) is 10.9. The van der Waals surface area contributed by atoms with Crippen LogP contribution in [0.1, 0.15) is 5.56 Å². The maximum absolute atomic E-state index is 12.9. The van der Waals surface area contributed by atoms with Crippen LogP contribution in [-0.4, -0.2) is 16.2 Å². The van der Waals surface area contributed by atoms with Gasteiger partial charge in [0, 0.05) is 5.02 Å². The van der Waals surface area contributed by atoms with Crippen LogP contribution >= 0.6 is 11.6 Å². The topological polar surface area (TPSA) is 57.5 Å². The highest BCUT2D eigenvalue weighted by molar-refractivity contribution is 6.30. The second-order valence-electron chi connectivity index (χ2n) is 2.54. The lowest BCUT2D eigenvalue weighted by molar-refractivity contribution is -0.166. The van der Waals surface area contributed by atoms with Crippen molar-refractivity contribution in [2.45, 2.75) is 5.92 Å². The summed E-state index contributed by atoms with van der Waals surface area (Å²) in [5.74, 6) is -7.29. The highest BCUT2D eigenvalue weighted by atomic mass is 35.5. The van der Waals surface area contributed by atoms with E-state index in [1.165, 1.54) is 6.07 Å². The number of phenols is 1. The van der Waals surface area contributed by atoms with E-state index in [0.717, 1.165) is 6.07 Å². The molecule has 1 aromatic carbocycles. The number of benzene rings is 1. The Hall–Kier alpha value is -1.36. The van der Waals surface area contributed by atoms with Gasteiger partial charge in [-0.1, -0.05) is 11.6 Å². The second-order valence-corrected chi connectivity index (χ2v) is 2.98. The van der Waals surface area contributed by atoms with Gasteiger partial charge in [0.05, 0.1) is 5.56 Å². The summed E-state index contributed by atoms with van der Waals surface area (Å²) < 4.78 is 25.8. The standard InChI is InChI=1S/C8H5ClF2O3/c9-4-1-2-6(12)5(3-4)8(10,11)7(13)14/h1-3,12H,(H,13,14). The fraction of sp³-hybridized carbons (Fsp3) is 0.125. The zero-order valence-corrected chi connectivity index (χ0v) is 7.42. The van der Waals surface area contributed by atoms with Crippen molar-refractivity contribution >= 4 is 17.6 Å². The molecule has 0 radical (unpaired) electrons. The molecule has 0 atom stereocenters. The van der Waals surface area contributed by atoms with Crippen LogP contribution in [0.2, 0.25) is 5.02 Å². The quantitative estimate of drug-likeness (QED) is 0.807. The molecule has 1 rings (SSSR count). The van der Waals surface area contributed by atoms with Gasteiger partial charge in [-0.25, -0.2) is 4.79 Å². The summed E-state index contributed by atoms with van der Waals surface area (Å²) in [6.07, 6.45) is 0. The number of halogens is 3. The molecule has 0 aliphatic rings. The first-order valence-corrected chi connectivity index (χ1v) is 3.83. The number of aromatic hydroxyl groups is 1. The maximum Gasteiger partial charge on any atom is 0.379 e. The van der Waals surface area contributed by atoms with Gasteiger partial charge >= 0.3 is 11.9 Å². The molecule has 0 unspecified atom stereocenters. The molecule has 76 valence electrons. The summed E-state index contributed by atoms with van der Waals surface area (Å²) >= 11 is 5.39. The number of rotatable bonds is 2. The number of carboxylic acids is 1. The molecule has 2 N–H and O–H groups in total. The third kappa shape index (κ3) is 1.77. The van der Waals surface area contributed by atoms with E-state index in [2.05, 4.69) is 0 Å². The predicted molar refractivity (Wildman–Crippen MR) is 44.6 cm³/mol. The molecule has 0 aliphatic carbocycles. The Morgan fingerprint density at radius 2 is 2.00 bits per heavy atom. The molecular weight excluding hydrogens is 218 g/mol. The molecule has 0 amide bonds. The van der Waals surface area contributed by atoms with Gasteiger partial charge in [-0.2, -0.15) is 8.78 Å². The van der Waals surface area contributed by atoms with Crippen LogP contribution in [0.5, 0.6) is 5.75 Å². The van der Waals surface area contributed by atoms with E-state index in [0.29, 0.717) is 6.07 Å². The Kier molecular flexibility index (Phi) is 2.62. The highest BCUT2D eigenvalue weighted by Gasteiger charge is 2.43. The number of hydrogen-bond donors (Lipinski definition) is 2. The molecule has 3 nitrogen and oxygen atoms in total. The van der Waals surface area contributed by atoms with Crippen molar-refractivity contribution in [1.82, 2.24) is 0 Å². The number of hydrogen-bond acceptors (Lipinski definition) is 2. The van der Waals surface area contributed by atoms with Gasteiger partial charge in [0.15, 0.2) is 0 Å². The third-order valence-electron chi connectivity index (χ3n) is 1.57. The lowest BCUT2D eigenvalue weighted by atomic mass is 10.1. The first kappa shape index (κ1) is 10.7. The number of carbonyl (C=O) groups is 1. The Bertz CT molecular complexity index is 379. The van der Waals surface area contributed by atoms with E-state index in [1.807, 2.05) is 0 Å². The minimum atomic E-state index is -4.14. The van der Waals surface area contributed by atoms with Gasteiger partial charge in [0.1, 0.15) is 5.75 Å². The van der Waals surface area contributed by atoms with Crippen LogP contribution < -0.4 is 0 Å². The Labute approximate surface area is 82.5 Å². The molecule has 0 aromatic heterocycles. The summed E-state index contributed by atoms with van der Waals surface area (Å²) in [4.78, 5) is 10.2. The van der Waals surface area contributed by atoms with E-state index in [4.69, 9.17) is 21.8 Å². The molecule has 6 heteroatoms. The average Bonchev–Trinajstić information content (AvgIpc) is 2.08. The van der Waals surface area contributed by atoms with Gasteiger partial charge in [-0.3, -0.25) is 0 Å². The van der Waals surface area contributed by atoms with Gasteiger partial charge in [0.25, 0.3) is 0 Å². The average molecular weight is 223 g/mol.